The van der Waals surface area contributed by atoms with Gasteiger partial charge in [0.15, 0.2) is 0 Å². The fraction of sp³-hybridized carbons (Fsp3) is 0.0909. The Morgan fingerprint density at radius 3 is 2.22 bits per heavy atom. The van der Waals surface area contributed by atoms with Gasteiger partial charge in [0, 0.05) is 17.5 Å². The van der Waals surface area contributed by atoms with E-state index in [1.807, 2.05) is 0 Å². The molecule has 1 aromatic carbocycles. The first-order valence-corrected chi connectivity index (χ1v) is 6.43. The minimum absolute atomic E-state index is 0.0617. The van der Waals surface area contributed by atoms with Gasteiger partial charge in [0.05, 0.1) is 17.2 Å². The zero-order chi connectivity index (χ0) is 13.8. The van der Waals surface area contributed by atoms with Gasteiger partial charge in [-0.1, -0.05) is 12.7 Å². The van der Waals surface area contributed by atoms with Crippen LogP contribution in [0.1, 0.15) is 0 Å². The fourth-order valence-corrected chi connectivity index (χ4v) is 2.21. The van der Waals surface area contributed by atoms with Crippen LogP contribution in [0.2, 0.25) is 0 Å². The molecule has 0 unspecified atom stereocenters. The maximum atomic E-state index is 11.7. The quantitative estimate of drug-likeness (QED) is 0.449. The van der Waals surface area contributed by atoms with Crippen molar-refractivity contribution >= 4 is 21.4 Å². The van der Waals surface area contributed by atoms with Crippen molar-refractivity contribution in [3.63, 3.8) is 0 Å². The number of sulfonamides is 1. The van der Waals surface area contributed by atoms with Gasteiger partial charge >= 0.3 is 0 Å². The van der Waals surface area contributed by atoms with Gasteiger partial charge in [-0.25, -0.2) is 8.42 Å². The number of non-ortho nitro benzene ring substituents is 1. The summed E-state index contributed by atoms with van der Waals surface area (Å²) < 4.78 is 24.5. The summed E-state index contributed by atoms with van der Waals surface area (Å²) in [5.41, 5.74) is 0.216. The van der Waals surface area contributed by atoms with Crippen LogP contribution in [0, 0.1) is 10.1 Å². The monoisotopic (exact) mass is 268 g/mol. The predicted octanol–water partition coefficient (Wildman–Crippen LogP) is 2.06. The van der Waals surface area contributed by atoms with Crippen LogP contribution in [-0.4, -0.2) is 19.9 Å². The predicted molar refractivity (Wildman–Crippen MR) is 69.8 cm³/mol. The number of hydrogen-bond acceptors (Lipinski definition) is 4. The van der Waals surface area contributed by atoms with Crippen LogP contribution in [0.4, 0.5) is 11.4 Å². The lowest BCUT2D eigenvalue weighted by Gasteiger charge is -2.20. The Morgan fingerprint density at radius 2 is 1.83 bits per heavy atom. The highest BCUT2D eigenvalue weighted by Crippen LogP contribution is 2.22. The van der Waals surface area contributed by atoms with Gasteiger partial charge in [0.1, 0.15) is 0 Å². The van der Waals surface area contributed by atoms with E-state index in [2.05, 4.69) is 13.2 Å². The first-order valence-electron chi connectivity index (χ1n) is 4.93. The van der Waals surface area contributed by atoms with Crippen molar-refractivity contribution in [3.05, 3.63) is 59.0 Å². The number of nitro benzene ring substituents is 1. The molecule has 0 amide bonds. The number of benzene rings is 1. The second-order valence-electron chi connectivity index (χ2n) is 3.30. The minimum atomic E-state index is -3.65. The van der Waals surface area contributed by atoms with Gasteiger partial charge in [-0.05, 0) is 12.1 Å². The molecule has 0 saturated carbocycles. The molecule has 6 nitrogen and oxygen atoms in total. The van der Waals surface area contributed by atoms with Crippen LogP contribution >= 0.6 is 0 Å². The van der Waals surface area contributed by atoms with Crippen LogP contribution in [0.5, 0.6) is 0 Å². The zero-order valence-corrected chi connectivity index (χ0v) is 10.3. The molecule has 96 valence electrons. The molecule has 0 spiro atoms. The lowest BCUT2D eigenvalue weighted by Crippen LogP contribution is -2.29. The maximum absolute atomic E-state index is 11.7. The molecule has 0 atom stereocenters. The molecule has 0 aliphatic heterocycles. The van der Waals surface area contributed by atoms with Gasteiger partial charge in [0.25, 0.3) is 15.7 Å². The molecule has 0 aliphatic rings. The topological polar surface area (TPSA) is 80.5 Å². The summed E-state index contributed by atoms with van der Waals surface area (Å²) in [5, 5.41) is 11.3. The summed E-state index contributed by atoms with van der Waals surface area (Å²) >= 11 is 0. The summed E-state index contributed by atoms with van der Waals surface area (Å²) in [4.78, 5) is 9.95. The summed E-state index contributed by atoms with van der Waals surface area (Å²) in [6, 6.07) is 5.21. The van der Waals surface area contributed by atoms with Crippen molar-refractivity contribution in [3.8, 4) is 0 Å². The average Bonchev–Trinajstić information content (AvgIpc) is 2.36. The highest BCUT2D eigenvalue weighted by Gasteiger charge is 2.18. The lowest BCUT2D eigenvalue weighted by atomic mass is 10.3. The summed E-state index contributed by atoms with van der Waals surface area (Å²) in [6.07, 6.45) is 1.42. The largest absolute Gasteiger partial charge is 0.269 e. The Bertz CT molecular complexity index is 563. The molecule has 0 fully saturated rings. The third kappa shape index (κ3) is 2.95. The number of hydrogen-bond donors (Lipinski definition) is 0. The smallest absolute Gasteiger partial charge is 0.263 e. The van der Waals surface area contributed by atoms with Crippen molar-refractivity contribution < 1.29 is 13.3 Å². The van der Waals surface area contributed by atoms with E-state index in [9.17, 15) is 18.5 Å². The minimum Gasteiger partial charge on any atom is -0.263 e. The molecule has 7 heteroatoms. The Balaban J connectivity index is 3.19. The fourth-order valence-electron chi connectivity index (χ4n) is 1.30. The lowest BCUT2D eigenvalue weighted by molar-refractivity contribution is -0.384. The van der Waals surface area contributed by atoms with E-state index in [0.717, 1.165) is 9.71 Å². The first-order chi connectivity index (χ1) is 8.42. The Labute approximate surface area is 105 Å². The van der Waals surface area contributed by atoms with Crippen molar-refractivity contribution in [1.29, 1.82) is 0 Å². The number of rotatable bonds is 6. The molecule has 0 bridgehead atoms. The van der Waals surface area contributed by atoms with Gasteiger partial charge in [-0.3, -0.25) is 14.4 Å². The third-order valence-electron chi connectivity index (χ3n) is 2.16. The highest BCUT2D eigenvalue weighted by molar-refractivity contribution is 7.95. The zero-order valence-electron chi connectivity index (χ0n) is 9.52. The van der Waals surface area contributed by atoms with E-state index < -0.39 is 14.9 Å². The molecule has 0 aliphatic carbocycles. The molecule has 1 aromatic rings. The normalized spacial score (nSPS) is 10.7. The summed E-state index contributed by atoms with van der Waals surface area (Å²) in [7, 11) is -3.65. The highest BCUT2D eigenvalue weighted by atomic mass is 32.2. The Morgan fingerprint density at radius 1 is 1.28 bits per heavy atom. The second kappa shape index (κ2) is 5.46. The van der Waals surface area contributed by atoms with Crippen LogP contribution in [-0.2, 0) is 10.0 Å². The molecule has 0 N–H and O–H groups in total. The van der Waals surface area contributed by atoms with Gasteiger partial charge in [-0.2, -0.15) is 0 Å². The Kier molecular flexibility index (Phi) is 4.22. The average molecular weight is 268 g/mol. The van der Waals surface area contributed by atoms with Crippen molar-refractivity contribution in [2.45, 2.75) is 0 Å². The molecule has 1 rings (SSSR count). The number of anilines is 1. The van der Waals surface area contributed by atoms with Gasteiger partial charge in [0.2, 0.25) is 0 Å². The molecule has 0 heterocycles. The van der Waals surface area contributed by atoms with Crippen LogP contribution in [0.3, 0.4) is 0 Å². The number of nitrogens with zero attached hydrogens (tertiary/aromatic N) is 2. The van der Waals surface area contributed by atoms with Gasteiger partial charge in [-0.15, -0.1) is 6.58 Å². The molecule has 0 aromatic heterocycles. The van der Waals surface area contributed by atoms with E-state index in [-0.39, 0.29) is 12.2 Å². The Hall–Kier alpha value is -2.15. The first kappa shape index (κ1) is 13.9. The van der Waals surface area contributed by atoms with Crippen LogP contribution in [0.15, 0.2) is 48.9 Å². The molecular formula is C11H12N2O4S. The van der Waals surface area contributed by atoms with E-state index in [1.165, 1.54) is 30.3 Å². The molecular weight excluding hydrogens is 256 g/mol. The van der Waals surface area contributed by atoms with Crippen LogP contribution < -0.4 is 4.31 Å². The standard InChI is InChI=1S/C11H12N2O4S/c1-3-9-12(18(16,17)4-2)10-5-7-11(8-6-10)13(14)15/h3-8H,1-2,9H2. The molecule has 0 saturated heterocycles. The van der Waals surface area contributed by atoms with E-state index >= 15 is 0 Å². The molecule has 18 heavy (non-hydrogen) atoms. The van der Waals surface area contributed by atoms with Gasteiger partial charge < -0.3 is 0 Å². The maximum Gasteiger partial charge on any atom is 0.269 e. The van der Waals surface area contributed by atoms with Crippen molar-refractivity contribution in [1.82, 2.24) is 0 Å². The summed E-state index contributed by atoms with van der Waals surface area (Å²) in [6.45, 7) is 6.77. The van der Waals surface area contributed by atoms with E-state index in [4.69, 9.17) is 0 Å². The third-order valence-corrected chi connectivity index (χ3v) is 3.56. The summed E-state index contributed by atoms with van der Waals surface area (Å²) in [5.74, 6) is 0. The van der Waals surface area contributed by atoms with E-state index in [0.29, 0.717) is 5.69 Å². The van der Waals surface area contributed by atoms with Crippen molar-refractivity contribution in [2.75, 3.05) is 10.8 Å². The van der Waals surface area contributed by atoms with E-state index in [1.54, 1.807) is 0 Å². The number of nitro groups is 1. The second-order valence-corrected chi connectivity index (χ2v) is 5.11. The van der Waals surface area contributed by atoms with Crippen LogP contribution in [0.25, 0.3) is 0 Å². The SMILES string of the molecule is C=CCN(c1ccc([N+](=O)[O-])cc1)S(=O)(=O)C=C. The molecule has 0 radical (unpaired) electrons. The van der Waals surface area contributed by atoms with Crippen molar-refractivity contribution in [2.24, 2.45) is 0 Å².